The Labute approximate surface area is 155 Å². The molecule has 6 heteroatoms. The predicted octanol–water partition coefficient (Wildman–Crippen LogP) is 4.09. The maximum atomic E-state index is 4.68. The van der Waals surface area contributed by atoms with Crippen molar-refractivity contribution in [3.8, 4) is 0 Å². The number of aromatic nitrogens is 1. The second-order valence-corrected chi connectivity index (χ2v) is 7.16. The van der Waals surface area contributed by atoms with E-state index < -0.39 is 0 Å². The van der Waals surface area contributed by atoms with Crippen molar-refractivity contribution in [1.82, 2.24) is 15.6 Å². The van der Waals surface area contributed by atoms with Crippen LogP contribution in [0, 0.1) is 12.8 Å². The first-order valence-corrected chi connectivity index (χ1v) is 8.99. The van der Waals surface area contributed by atoms with Crippen LogP contribution in [0.3, 0.4) is 0 Å². The first kappa shape index (κ1) is 19.7. The number of nitrogens with one attached hydrogen (secondary N) is 2. The molecule has 1 aliphatic carbocycles. The lowest BCUT2D eigenvalue weighted by atomic mass is 9.84. The van der Waals surface area contributed by atoms with Gasteiger partial charge in [0.1, 0.15) is 5.01 Å². The molecule has 1 aliphatic rings. The van der Waals surface area contributed by atoms with Crippen molar-refractivity contribution in [3.05, 3.63) is 16.1 Å². The molecule has 0 amide bonds. The van der Waals surface area contributed by atoms with Gasteiger partial charge in [0.2, 0.25) is 0 Å². The predicted molar refractivity (Wildman–Crippen MR) is 106 cm³/mol. The monoisotopic (exact) mass is 436 g/mol. The van der Waals surface area contributed by atoms with Gasteiger partial charge in [0.25, 0.3) is 0 Å². The number of aliphatic imine (C=N–C) groups is 1. The molecule has 0 aromatic carbocycles. The molecule has 1 fully saturated rings. The molecule has 1 heterocycles. The van der Waals surface area contributed by atoms with E-state index in [-0.39, 0.29) is 24.0 Å². The molecule has 2 N–H and O–H groups in total. The van der Waals surface area contributed by atoms with Crippen molar-refractivity contribution in [2.45, 2.75) is 65.5 Å². The van der Waals surface area contributed by atoms with Crippen LogP contribution in [-0.4, -0.2) is 23.5 Å². The highest BCUT2D eigenvalue weighted by atomic mass is 127. The summed E-state index contributed by atoms with van der Waals surface area (Å²) in [5, 5.41) is 8.05. The van der Waals surface area contributed by atoms with Gasteiger partial charge in [-0.1, -0.05) is 26.2 Å². The SMILES string of the molecule is CCNC(=NCc1ncc(C)s1)NC1CCCC(CC)C1.I. The summed E-state index contributed by atoms with van der Waals surface area (Å²) < 4.78 is 0. The van der Waals surface area contributed by atoms with Crippen LogP contribution in [0.25, 0.3) is 0 Å². The standard InChI is InChI=1S/C16H28N4S.HI/c1-4-13-7-6-8-14(9-13)20-16(17-5-2)19-11-15-18-10-12(3)21-15;/h10,13-14H,4-9,11H2,1-3H3,(H2,17,19,20);1H. The average molecular weight is 436 g/mol. The molecule has 126 valence electrons. The Kier molecular flexibility index (Phi) is 9.31. The summed E-state index contributed by atoms with van der Waals surface area (Å²) in [6, 6.07) is 0.569. The van der Waals surface area contributed by atoms with Crippen LogP contribution in [-0.2, 0) is 6.54 Å². The molecule has 1 saturated carbocycles. The van der Waals surface area contributed by atoms with E-state index in [4.69, 9.17) is 0 Å². The molecule has 2 rings (SSSR count). The van der Waals surface area contributed by atoms with Crippen LogP contribution in [0.4, 0.5) is 0 Å². The molecule has 22 heavy (non-hydrogen) atoms. The second-order valence-electron chi connectivity index (χ2n) is 5.84. The Balaban J connectivity index is 0.00000242. The van der Waals surface area contributed by atoms with E-state index in [9.17, 15) is 0 Å². The maximum absolute atomic E-state index is 4.68. The lowest BCUT2D eigenvalue weighted by Crippen LogP contribution is -2.45. The largest absolute Gasteiger partial charge is 0.357 e. The molecular weight excluding hydrogens is 407 g/mol. The zero-order chi connectivity index (χ0) is 15.1. The number of thiazole rings is 1. The summed E-state index contributed by atoms with van der Waals surface area (Å²) in [4.78, 5) is 10.3. The van der Waals surface area contributed by atoms with Crippen molar-refractivity contribution < 1.29 is 0 Å². The van der Waals surface area contributed by atoms with Crippen LogP contribution < -0.4 is 10.6 Å². The van der Waals surface area contributed by atoms with Gasteiger partial charge in [-0.2, -0.15) is 0 Å². The lowest BCUT2D eigenvalue weighted by molar-refractivity contribution is 0.298. The molecule has 1 aromatic heterocycles. The van der Waals surface area contributed by atoms with E-state index in [2.05, 4.69) is 41.4 Å². The van der Waals surface area contributed by atoms with Gasteiger partial charge in [-0.05, 0) is 32.6 Å². The Morgan fingerprint density at radius 1 is 1.41 bits per heavy atom. The third-order valence-corrected chi connectivity index (χ3v) is 4.98. The Morgan fingerprint density at radius 2 is 2.23 bits per heavy atom. The summed E-state index contributed by atoms with van der Waals surface area (Å²) >= 11 is 1.72. The van der Waals surface area contributed by atoms with Crippen molar-refractivity contribution >= 4 is 41.3 Å². The van der Waals surface area contributed by atoms with Crippen LogP contribution in [0.2, 0.25) is 0 Å². The number of guanidine groups is 1. The first-order valence-electron chi connectivity index (χ1n) is 8.17. The number of hydrogen-bond donors (Lipinski definition) is 2. The summed E-state index contributed by atoms with van der Waals surface area (Å²) in [5.74, 6) is 1.81. The Hall–Kier alpha value is -0.370. The normalized spacial score (nSPS) is 22.0. The molecule has 0 aliphatic heterocycles. The molecule has 0 saturated heterocycles. The topological polar surface area (TPSA) is 49.3 Å². The second kappa shape index (κ2) is 10.4. The van der Waals surface area contributed by atoms with E-state index in [0.29, 0.717) is 12.6 Å². The molecule has 0 spiro atoms. The fraction of sp³-hybridized carbons (Fsp3) is 0.750. The Bertz CT molecular complexity index is 461. The quantitative estimate of drug-likeness (QED) is 0.415. The fourth-order valence-electron chi connectivity index (χ4n) is 2.93. The highest BCUT2D eigenvalue weighted by Gasteiger charge is 2.21. The Morgan fingerprint density at radius 3 is 2.86 bits per heavy atom. The minimum Gasteiger partial charge on any atom is -0.357 e. The molecule has 0 radical (unpaired) electrons. The lowest BCUT2D eigenvalue weighted by Gasteiger charge is -2.30. The van der Waals surface area contributed by atoms with Gasteiger partial charge in [-0.15, -0.1) is 35.3 Å². The van der Waals surface area contributed by atoms with Gasteiger partial charge in [0, 0.05) is 23.7 Å². The molecule has 2 unspecified atom stereocenters. The number of rotatable bonds is 5. The number of hydrogen-bond acceptors (Lipinski definition) is 3. The minimum absolute atomic E-state index is 0. The van der Waals surface area contributed by atoms with E-state index >= 15 is 0 Å². The van der Waals surface area contributed by atoms with Gasteiger partial charge in [0.05, 0.1) is 6.54 Å². The highest BCUT2D eigenvalue weighted by molar-refractivity contribution is 14.0. The summed E-state index contributed by atoms with van der Waals surface area (Å²) in [7, 11) is 0. The summed E-state index contributed by atoms with van der Waals surface area (Å²) in [6.07, 6.45) is 8.48. The number of aryl methyl sites for hydroxylation is 1. The smallest absolute Gasteiger partial charge is 0.191 e. The molecular formula is C16H29IN4S. The number of halogens is 1. The van der Waals surface area contributed by atoms with E-state index in [1.165, 1.54) is 37.0 Å². The van der Waals surface area contributed by atoms with Crippen LogP contribution in [0.5, 0.6) is 0 Å². The summed E-state index contributed by atoms with van der Waals surface area (Å²) in [6.45, 7) is 8.06. The van der Waals surface area contributed by atoms with Crippen LogP contribution >= 0.6 is 35.3 Å². The van der Waals surface area contributed by atoms with Crippen molar-refractivity contribution in [3.63, 3.8) is 0 Å². The highest BCUT2D eigenvalue weighted by Crippen LogP contribution is 2.26. The molecule has 4 nitrogen and oxygen atoms in total. The molecule has 0 bridgehead atoms. The maximum Gasteiger partial charge on any atom is 0.191 e. The van der Waals surface area contributed by atoms with Gasteiger partial charge in [-0.3, -0.25) is 0 Å². The zero-order valence-electron chi connectivity index (χ0n) is 13.9. The number of nitrogens with zero attached hydrogens (tertiary/aromatic N) is 2. The van der Waals surface area contributed by atoms with Crippen molar-refractivity contribution in [1.29, 1.82) is 0 Å². The summed E-state index contributed by atoms with van der Waals surface area (Å²) in [5.41, 5.74) is 0. The average Bonchev–Trinajstić information content (AvgIpc) is 2.91. The molecule has 2 atom stereocenters. The van der Waals surface area contributed by atoms with Gasteiger partial charge < -0.3 is 10.6 Å². The van der Waals surface area contributed by atoms with Gasteiger partial charge in [-0.25, -0.2) is 9.98 Å². The van der Waals surface area contributed by atoms with Gasteiger partial charge >= 0.3 is 0 Å². The third kappa shape index (κ3) is 6.40. The van der Waals surface area contributed by atoms with Crippen molar-refractivity contribution in [2.75, 3.05) is 6.54 Å². The van der Waals surface area contributed by atoms with E-state index in [0.717, 1.165) is 23.4 Å². The van der Waals surface area contributed by atoms with E-state index in [1.807, 2.05) is 6.20 Å². The zero-order valence-corrected chi connectivity index (χ0v) is 17.0. The van der Waals surface area contributed by atoms with Crippen molar-refractivity contribution in [2.24, 2.45) is 10.9 Å². The van der Waals surface area contributed by atoms with E-state index in [1.54, 1.807) is 11.3 Å². The van der Waals surface area contributed by atoms with Crippen LogP contribution in [0.1, 0.15) is 55.8 Å². The van der Waals surface area contributed by atoms with Crippen LogP contribution in [0.15, 0.2) is 11.2 Å². The minimum atomic E-state index is 0. The van der Waals surface area contributed by atoms with Gasteiger partial charge in [0.15, 0.2) is 5.96 Å². The fourth-order valence-corrected chi connectivity index (χ4v) is 3.64. The first-order chi connectivity index (χ1) is 10.2. The molecule has 1 aromatic rings. The third-order valence-electron chi connectivity index (χ3n) is 4.09.